The van der Waals surface area contributed by atoms with Gasteiger partial charge in [0.15, 0.2) is 0 Å². The Kier molecular flexibility index (Phi) is 12.8. The smallest absolute Gasteiger partial charge is 0.121 e. The number of epoxide rings is 1. The van der Waals surface area contributed by atoms with Crippen molar-refractivity contribution in [1.82, 2.24) is 0 Å². The second-order valence-electron chi connectivity index (χ2n) is 16.8. The molecule has 4 N–H and O–H groups in total. The second-order valence-corrected chi connectivity index (χ2v) is 16.8. The first kappa shape index (κ1) is 38.0. The molecule has 1 heterocycles. The van der Waals surface area contributed by atoms with E-state index in [1.54, 1.807) is 0 Å². The molecule has 1 aliphatic heterocycles. The van der Waals surface area contributed by atoms with E-state index in [0.717, 1.165) is 38.5 Å². The lowest BCUT2D eigenvalue weighted by Gasteiger charge is -2.48. The highest BCUT2D eigenvalue weighted by Crippen LogP contribution is 2.66. The van der Waals surface area contributed by atoms with E-state index in [2.05, 4.69) is 116 Å². The van der Waals surface area contributed by atoms with Gasteiger partial charge < -0.3 is 25.2 Å². The summed E-state index contributed by atoms with van der Waals surface area (Å²) in [5.74, 6) is 1.36. The highest BCUT2D eigenvalue weighted by Gasteiger charge is 2.74. The van der Waals surface area contributed by atoms with Crippen LogP contribution in [0.4, 0.5) is 0 Å². The van der Waals surface area contributed by atoms with Crippen LogP contribution in [0, 0.1) is 40.4 Å². The van der Waals surface area contributed by atoms with E-state index in [-0.39, 0.29) is 46.6 Å². The Bertz CT molecular complexity index is 1080. The van der Waals surface area contributed by atoms with E-state index in [1.165, 1.54) is 0 Å². The fourth-order valence-corrected chi connectivity index (χ4v) is 8.48. The van der Waals surface area contributed by atoms with Gasteiger partial charge in [-0.15, -0.1) is 0 Å². The lowest BCUT2D eigenvalue weighted by molar-refractivity contribution is -0.111. The average Bonchev–Trinajstić information content (AvgIpc) is 3.52. The van der Waals surface area contributed by atoms with Gasteiger partial charge in [-0.2, -0.15) is 0 Å². The topological polar surface area (TPSA) is 93.5 Å². The molecule has 0 aromatic rings. The Morgan fingerprint density at radius 3 is 1.96 bits per heavy atom. The maximum atomic E-state index is 11.0. The molecule has 5 unspecified atom stereocenters. The molecule has 0 spiro atoms. The van der Waals surface area contributed by atoms with Crippen LogP contribution in [0.25, 0.3) is 0 Å². The summed E-state index contributed by atoms with van der Waals surface area (Å²) in [5, 5.41) is 41.4. The number of hydrogen-bond acceptors (Lipinski definition) is 5. The second kappa shape index (κ2) is 15.2. The van der Waals surface area contributed by atoms with E-state index in [0.29, 0.717) is 30.6 Å². The van der Waals surface area contributed by atoms with Crippen LogP contribution in [-0.4, -0.2) is 56.0 Å². The summed E-state index contributed by atoms with van der Waals surface area (Å²) in [5.41, 5.74) is -1.84. The Hall–Kier alpha value is -1.50. The van der Waals surface area contributed by atoms with Crippen molar-refractivity contribution in [2.75, 3.05) is 6.61 Å². The number of aliphatic hydroxyl groups excluding tert-OH is 3. The zero-order chi connectivity index (χ0) is 33.7. The lowest BCUT2D eigenvalue weighted by atomic mass is 9.61. The van der Waals surface area contributed by atoms with Gasteiger partial charge in [0.25, 0.3) is 0 Å². The van der Waals surface area contributed by atoms with Crippen LogP contribution < -0.4 is 0 Å². The molecule has 10 atom stereocenters. The molecule has 2 aliphatic carbocycles. The fourth-order valence-electron chi connectivity index (χ4n) is 8.48. The van der Waals surface area contributed by atoms with E-state index >= 15 is 0 Å². The minimum absolute atomic E-state index is 0.0378. The summed E-state index contributed by atoms with van der Waals surface area (Å²) in [6.07, 6.45) is 28.1. The molecule has 256 valence electrons. The van der Waals surface area contributed by atoms with Crippen molar-refractivity contribution in [2.45, 2.75) is 143 Å². The number of aliphatic hydroxyl groups is 4. The molecule has 3 fully saturated rings. The van der Waals surface area contributed by atoms with Crippen molar-refractivity contribution >= 4 is 0 Å². The van der Waals surface area contributed by atoms with Crippen molar-refractivity contribution in [3.8, 4) is 0 Å². The zero-order valence-electron chi connectivity index (χ0n) is 29.9. The predicted octanol–water partition coefficient (Wildman–Crippen LogP) is 8.10. The van der Waals surface area contributed by atoms with Crippen molar-refractivity contribution in [2.24, 2.45) is 40.4 Å². The molecule has 45 heavy (non-hydrogen) atoms. The number of rotatable bonds is 15. The summed E-state index contributed by atoms with van der Waals surface area (Å²) < 4.78 is 6.24. The largest absolute Gasteiger partial charge is 0.395 e. The van der Waals surface area contributed by atoms with Gasteiger partial charge >= 0.3 is 0 Å². The molecule has 5 heteroatoms. The maximum absolute atomic E-state index is 11.0. The van der Waals surface area contributed by atoms with Crippen molar-refractivity contribution < 1.29 is 25.2 Å². The van der Waals surface area contributed by atoms with Crippen molar-refractivity contribution in [1.29, 1.82) is 0 Å². The highest BCUT2D eigenvalue weighted by molar-refractivity contribution is 5.32. The first-order valence-corrected chi connectivity index (χ1v) is 17.6. The summed E-state index contributed by atoms with van der Waals surface area (Å²) in [6, 6.07) is 0. The number of allylic oxidation sites excluding steroid dienone is 6. The third-order valence-corrected chi connectivity index (χ3v) is 11.0. The molecule has 0 amide bonds. The Morgan fingerprint density at radius 1 is 0.733 bits per heavy atom. The van der Waals surface area contributed by atoms with Crippen LogP contribution in [0.2, 0.25) is 0 Å². The normalized spacial score (nSPS) is 37.5. The molecule has 0 aromatic carbocycles. The van der Waals surface area contributed by atoms with E-state index in [4.69, 9.17) is 4.74 Å². The summed E-state index contributed by atoms with van der Waals surface area (Å²) in [4.78, 5) is 0. The quantitative estimate of drug-likeness (QED) is 0.109. The van der Waals surface area contributed by atoms with Gasteiger partial charge in [-0.25, -0.2) is 0 Å². The number of fused-ring (bicyclic) bond motifs is 1. The predicted molar refractivity (Wildman–Crippen MR) is 187 cm³/mol. The molecule has 0 aromatic heterocycles. The fraction of sp³-hybridized carbons (Fsp3) is 0.750. The molecule has 2 saturated carbocycles. The zero-order valence-corrected chi connectivity index (χ0v) is 29.9. The molecule has 3 aliphatic rings. The van der Waals surface area contributed by atoms with E-state index in [9.17, 15) is 20.4 Å². The van der Waals surface area contributed by atoms with Gasteiger partial charge in [-0.1, -0.05) is 109 Å². The summed E-state index contributed by atoms with van der Waals surface area (Å²) in [6.45, 7) is 19.4. The number of ether oxygens (including phenoxy) is 1. The lowest BCUT2D eigenvalue weighted by Crippen LogP contribution is -2.50. The number of hydrogen-bond donors (Lipinski definition) is 4. The minimum atomic E-state index is -0.880. The van der Waals surface area contributed by atoms with Crippen LogP contribution in [-0.2, 0) is 4.74 Å². The molecule has 0 bridgehead atoms. The van der Waals surface area contributed by atoms with Gasteiger partial charge in [-0.3, -0.25) is 0 Å². The van der Waals surface area contributed by atoms with Gasteiger partial charge in [0.2, 0.25) is 0 Å². The summed E-state index contributed by atoms with van der Waals surface area (Å²) >= 11 is 0. The summed E-state index contributed by atoms with van der Waals surface area (Å²) in [7, 11) is 0. The van der Waals surface area contributed by atoms with E-state index in [1.807, 2.05) is 6.92 Å². The molecule has 1 saturated heterocycles. The average molecular weight is 627 g/mol. The maximum Gasteiger partial charge on any atom is 0.121 e. The first-order valence-electron chi connectivity index (χ1n) is 17.6. The van der Waals surface area contributed by atoms with Gasteiger partial charge in [-0.05, 0) is 75.5 Å². The Balaban J connectivity index is 1.36. The minimum Gasteiger partial charge on any atom is -0.395 e. The first-order chi connectivity index (χ1) is 20.9. The third-order valence-electron chi connectivity index (χ3n) is 11.0. The molecule has 5 nitrogen and oxygen atoms in total. The molecular formula is C40H66O5. The van der Waals surface area contributed by atoms with E-state index < -0.39 is 11.7 Å². The van der Waals surface area contributed by atoms with Crippen LogP contribution in [0.5, 0.6) is 0 Å². The molecule has 0 radical (unpaired) electrons. The van der Waals surface area contributed by atoms with Crippen LogP contribution in [0.3, 0.4) is 0 Å². The van der Waals surface area contributed by atoms with Gasteiger partial charge in [0.05, 0.1) is 24.4 Å². The standard InChI is InChI=1S/C40H66O5/c1-29(16-12-17-31(3)20-21-35-36(4,5)24-33(42)26-38(35,8)44)14-10-11-15-30(2)18-13-19-32(28-41)22-23-40-37(6,7)25-34(43)27-39(40,9)45-40/h11-13,15-16,19-23,29-35,41-44H,10,14,17-18,24-28H2,1-9H3/b15-11+,16-12+,19-13+,21-20?,23-22-/t29?,30?,31?,32?,33-,34-,35?,38+,39+,40-/m0/s1. The Morgan fingerprint density at radius 2 is 1.33 bits per heavy atom. The molecule has 3 rings (SSSR count). The highest BCUT2D eigenvalue weighted by atomic mass is 16.6. The van der Waals surface area contributed by atoms with Crippen LogP contribution >= 0.6 is 0 Å². The van der Waals surface area contributed by atoms with Gasteiger partial charge in [0.1, 0.15) is 11.2 Å². The monoisotopic (exact) mass is 626 g/mol. The van der Waals surface area contributed by atoms with Crippen LogP contribution in [0.15, 0.2) is 60.8 Å². The van der Waals surface area contributed by atoms with Gasteiger partial charge in [0, 0.05) is 30.1 Å². The van der Waals surface area contributed by atoms with Crippen LogP contribution in [0.1, 0.15) is 114 Å². The SMILES string of the molecule is CC(C=CC1C(C)(C)C[C@H](O)C[C@@]1(C)O)C/C=C/C(C)CC/C=C/C(C)C/C=C/C(/C=C\[C@@]12O[C@]1(C)C[C@@H](O)CC2(C)C)CO. The third kappa shape index (κ3) is 9.76. The van der Waals surface area contributed by atoms with Crippen molar-refractivity contribution in [3.63, 3.8) is 0 Å². The Labute approximate surface area is 275 Å². The molecular weight excluding hydrogens is 560 g/mol. The van der Waals surface area contributed by atoms with Crippen molar-refractivity contribution in [3.05, 3.63) is 60.8 Å².